The lowest BCUT2D eigenvalue weighted by atomic mass is 9.42. The summed E-state index contributed by atoms with van der Waals surface area (Å²) in [5, 5.41) is 0. The van der Waals surface area contributed by atoms with Crippen LogP contribution in [-0.4, -0.2) is 24.9 Å². The highest BCUT2D eigenvalue weighted by Crippen LogP contribution is 2.66. The van der Waals surface area contributed by atoms with Gasteiger partial charge in [-0.25, -0.2) is 9.69 Å². The van der Waals surface area contributed by atoms with E-state index in [-0.39, 0.29) is 23.1 Å². The number of para-hydroxylation sites is 1. The standard InChI is InChI=1S/C28H23NO4/c1-27-17-11-5-7-13-19(17)28(2,20-14-8-6-12-18(20)27)23-22(27)24(30)29(25(23)31)21-15-9-4-10-16(21)26(32)33-3/h4-15,22-23H,1-3H3/t22-,23+,27?,28?. The minimum atomic E-state index is -0.655. The van der Waals surface area contributed by atoms with Crippen LogP contribution in [0.5, 0.6) is 0 Å². The van der Waals surface area contributed by atoms with Crippen molar-refractivity contribution in [3.05, 3.63) is 101 Å². The Morgan fingerprint density at radius 2 is 1.12 bits per heavy atom. The zero-order valence-corrected chi connectivity index (χ0v) is 18.7. The SMILES string of the molecule is COC(=O)c1ccccc1N1C(=O)[C@@H]2[C@H](C1=O)C1(C)c3ccccc3C2(C)c2ccccc21. The fourth-order valence-electron chi connectivity index (χ4n) is 6.76. The first-order chi connectivity index (χ1) is 15.9. The Hall–Kier alpha value is -3.73. The molecular formula is C28H23NO4. The Labute approximate surface area is 192 Å². The number of imide groups is 1. The Morgan fingerprint density at radius 3 is 1.55 bits per heavy atom. The number of ether oxygens (including phenoxy) is 1. The molecule has 1 aliphatic heterocycles. The number of carbonyl (C=O) groups is 3. The summed E-state index contributed by atoms with van der Waals surface area (Å²) in [5.74, 6) is -2.23. The average molecular weight is 437 g/mol. The molecule has 0 radical (unpaired) electrons. The van der Waals surface area contributed by atoms with Gasteiger partial charge in [0.25, 0.3) is 0 Å². The summed E-state index contributed by atoms with van der Waals surface area (Å²) in [6.07, 6.45) is 0. The molecule has 0 aromatic heterocycles. The molecule has 1 fully saturated rings. The van der Waals surface area contributed by atoms with Crippen LogP contribution < -0.4 is 4.90 Å². The molecule has 3 aromatic carbocycles. The number of rotatable bonds is 2. The van der Waals surface area contributed by atoms with Crippen LogP contribution in [0, 0.1) is 11.8 Å². The molecular weight excluding hydrogens is 414 g/mol. The second kappa shape index (κ2) is 6.41. The smallest absolute Gasteiger partial charge is 0.339 e. The van der Waals surface area contributed by atoms with E-state index in [0.717, 1.165) is 22.3 Å². The van der Waals surface area contributed by atoms with Crippen LogP contribution in [-0.2, 0) is 25.2 Å². The van der Waals surface area contributed by atoms with Gasteiger partial charge in [-0.2, -0.15) is 0 Å². The van der Waals surface area contributed by atoms with E-state index in [1.165, 1.54) is 12.0 Å². The lowest BCUT2D eigenvalue weighted by molar-refractivity contribution is -0.124. The van der Waals surface area contributed by atoms with Crippen molar-refractivity contribution in [2.24, 2.45) is 11.8 Å². The van der Waals surface area contributed by atoms with Gasteiger partial charge in [-0.05, 0) is 34.4 Å². The van der Waals surface area contributed by atoms with E-state index in [4.69, 9.17) is 4.74 Å². The molecule has 2 bridgehead atoms. The van der Waals surface area contributed by atoms with E-state index >= 15 is 0 Å². The molecule has 3 aliphatic carbocycles. The maximum Gasteiger partial charge on any atom is 0.339 e. The zero-order valence-electron chi connectivity index (χ0n) is 18.7. The van der Waals surface area contributed by atoms with Crippen LogP contribution in [0.1, 0.15) is 46.5 Å². The number of esters is 1. The molecule has 2 atom stereocenters. The highest BCUT2D eigenvalue weighted by molar-refractivity contribution is 6.25. The summed E-state index contributed by atoms with van der Waals surface area (Å²) in [6, 6.07) is 23.0. The molecule has 5 heteroatoms. The van der Waals surface area contributed by atoms with Crippen molar-refractivity contribution in [3.8, 4) is 0 Å². The quantitative estimate of drug-likeness (QED) is 0.445. The van der Waals surface area contributed by atoms with Crippen LogP contribution in [0.3, 0.4) is 0 Å². The van der Waals surface area contributed by atoms with E-state index in [2.05, 4.69) is 38.1 Å². The Balaban J connectivity index is 1.64. The predicted octanol–water partition coefficient (Wildman–Crippen LogP) is 4.22. The second-order valence-electron chi connectivity index (χ2n) is 9.47. The predicted molar refractivity (Wildman–Crippen MR) is 123 cm³/mol. The van der Waals surface area contributed by atoms with Gasteiger partial charge < -0.3 is 4.74 Å². The lowest BCUT2D eigenvalue weighted by Gasteiger charge is -2.57. The first kappa shape index (κ1) is 19.9. The molecule has 7 rings (SSSR count). The van der Waals surface area contributed by atoms with E-state index in [1.807, 2.05) is 24.3 Å². The fraction of sp³-hybridized carbons (Fsp3) is 0.250. The molecule has 164 valence electrons. The van der Waals surface area contributed by atoms with Crippen LogP contribution >= 0.6 is 0 Å². The van der Waals surface area contributed by atoms with Crippen LogP contribution in [0.4, 0.5) is 5.69 Å². The van der Waals surface area contributed by atoms with Crippen molar-refractivity contribution in [2.75, 3.05) is 12.0 Å². The van der Waals surface area contributed by atoms with Crippen LogP contribution in [0.25, 0.3) is 0 Å². The topological polar surface area (TPSA) is 63.7 Å². The maximum atomic E-state index is 14.1. The highest BCUT2D eigenvalue weighted by Gasteiger charge is 2.70. The normalized spacial score (nSPS) is 28.9. The molecule has 0 N–H and O–H groups in total. The number of benzene rings is 3. The molecule has 3 aromatic rings. The van der Waals surface area contributed by atoms with Gasteiger partial charge in [-0.1, -0.05) is 74.5 Å². The summed E-state index contributed by atoms with van der Waals surface area (Å²) in [4.78, 5) is 42.0. The number of nitrogens with zero attached hydrogens (tertiary/aromatic N) is 1. The number of carbonyl (C=O) groups excluding carboxylic acids is 3. The molecule has 4 aliphatic rings. The van der Waals surface area contributed by atoms with Gasteiger partial charge in [0, 0.05) is 10.8 Å². The van der Waals surface area contributed by atoms with Crippen molar-refractivity contribution in [1.29, 1.82) is 0 Å². The van der Waals surface area contributed by atoms with Gasteiger partial charge in [-0.3, -0.25) is 9.59 Å². The summed E-state index contributed by atoms with van der Waals surface area (Å²) >= 11 is 0. The lowest BCUT2D eigenvalue weighted by Crippen LogP contribution is -2.59. The van der Waals surface area contributed by atoms with E-state index in [1.54, 1.807) is 24.3 Å². The Morgan fingerprint density at radius 1 is 0.727 bits per heavy atom. The molecule has 33 heavy (non-hydrogen) atoms. The zero-order chi connectivity index (χ0) is 23.1. The van der Waals surface area contributed by atoms with Gasteiger partial charge in [0.1, 0.15) is 0 Å². The number of hydrogen-bond donors (Lipinski definition) is 0. The molecule has 1 heterocycles. The Bertz CT molecular complexity index is 1250. The highest BCUT2D eigenvalue weighted by atomic mass is 16.5. The number of methoxy groups -OCH3 is 1. The van der Waals surface area contributed by atoms with Gasteiger partial charge in [0.2, 0.25) is 11.8 Å². The van der Waals surface area contributed by atoms with E-state index in [9.17, 15) is 14.4 Å². The maximum absolute atomic E-state index is 14.1. The van der Waals surface area contributed by atoms with Crippen molar-refractivity contribution in [2.45, 2.75) is 24.7 Å². The third-order valence-corrected chi connectivity index (χ3v) is 8.19. The minimum Gasteiger partial charge on any atom is -0.465 e. The molecule has 5 nitrogen and oxygen atoms in total. The van der Waals surface area contributed by atoms with Crippen LogP contribution in [0.15, 0.2) is 72.8 Å². The summed E-state index contributed by atoms with van der Waals surface area (Å²) in [7, 11) is 1.29. The Kier molecular flexibility index (Phi) is 3.87. The van der Waals surface area contributed by atoms with Crippen molar-refractivity contribution < 1.29 is 19.1 Å². The first-order valence-corrected chi connectivity index (χ1v) is 11.1. The number of amides is 2. The average Bonchev–Trinajstić information content (AvgIpc) is 3.13. The fourth-order valence-corrected chi connectivity index (χ4v) is 6.76. The van der Waals surface area contributed by atoms with Crippen molar-refractivity contribution in [1.82, 2.24) is 0 Å². The first-order valence-electron chi connectivity index (χ1n) is 11.1. The molecule has 0 spiro atoms. The monoisotopic (exact) mass is 437 g/mol. The van der Waals surface area contributed by atoms with Gasteiger partial charge in [-0.15, -0.1) is 0 Å². The third kappa shape index (κ3) is 2.15. The molecule has 0 saturated carbocycles. The largest absolute Gasteiger partial charge is 0.465 e. The van der Waals surface area contributed by atoms with Crippen molar-refractivity contribution in [3.63, 3.8) is 0 Å². The third-order valence-electron chi connectivity index (χ3n) is 8.19. The number of hydrogen-bond acceptors (Lipinski definition) is 4. The van der Waals surface area contributed by atoms with Crippen molar-refractivity contribution >= 4 is 23.5 Å². The van der Waals surface area contributed by atoms with Crippen LogP contribution in [0.2, 0.25) is 0 Å². The molecule has 2 amide bonds. The summed E-state index contributed by atoms with van der Waals surface area (Å²) in [6.45, 7) is 4.17. The minimum absolute atomic E-state index is 0.207. The molecule has 1 saturated heterocycles. The summed E-state index contributed by atoms with van der Waals surface area (Å²) < 4.78 is 4.93. The molecule has 0 unspecified atom stereocenters. The van der Waals surface area contributed by atoms with E-state index in [0.29, 0.717) is 0 Å². The van der Waals surface area contributed by atoms with Gasteiger partial charge >= 0.3 is 5.97 Å². The second-order valence-corrected chi connectivity index (χ2v) is 9.47. The van der Waals surface area contributed by atoms with E-state index < -0.39 is 28.6 Å². The van der Waals surface area contributed by atoms with Gasteiger partial charge in [0.15, 0.2) is 0 Å². The van der Waals surface area contributed by atoms with Gasteiger partial charge in [0.05, 0.1) is 30.2 Å². The summed E-state index contributed by atoms with van der Waals surface area (Å²) in [5.41, 5.74) is 3.56. The number of anilines is 1.